The first kappa shape index (κ1) is 16.3. The third kappa shape index (κ3) is 5.01. The maximum absolute atomic E-state index is 5.56. The molecule has 21 heavy (non-hydrogen) atoms. The minimum atomic E-state index is 0.565. The van der Waals surface area contributed by atoms with Crippen molar-refractivity contribution in [1.82, 2.24) is 10.2 Å². The highest BCUT2D eigenvalue weighted by Gasteiger charge is 2.23. The highest BCUT2D eigenvalue weighted by Crippen LogP contribution is 2.20. The third-order valence-electron chi connectivity index (χ3n) is 4.53. The molecule has 3 nitrogen and oxygen atoms in total. The number of hydrogen-bond acceptors (Lipinski definition) is 3. The SMILES string of the molecule is CCOc1cccc(CNC(C)C2CCCN(CC)C2)c1. The van der Waals surface area contributed by atoms with Gasteiger partial charge in [-0.3, -0.25) is 0 Å². The van der Waals surface area contributed by atoms with Gasteiger partial charge in [0.05, 0.1) is 6.61 Å². The first-order chi connectivity index (χ1) is 10.2. The minimum absolute atomic E-state index is 0.565. The fraction of sp³-hybridized carbons (Fsp3) is 0.667. The first-order valence-electron chi connectivity index (χ1n) is 8.40. The summed E-state index contributed by atoms with van der Waals surface area (Å²) in [6.07, 6.45) is 2.69. The predicted molar refractivity (Wildman–Crippen MR) is 88.8 cm³/mol. The van der Waals surface area contributed by atoms with Crippen LogP contribution in [0.1, 0.15) is 39.2 Å². The van der Waals surface area contributed by atoms with Crippen LogP contribution in [0.4, 0.5) is 0 Å². The van der Waals surface area contributed by atoms with Crippen molar-refractivity contribution in [1.29, 1.82) is 0 Å². The highest BCUT2D eigenvalue weighted by atomic mass is 16.5. The van der Waals surface area contributed by atoms with Crippen LogP contribution in [0.15, 0.2) is 24.3 Å². The number of hydrogen-bond donors (Lipinski definition) is 1. The van der Waals surface area contributed by atoms with Crippen LogP contribution in [0, 0.1) is 5.92 Å². The molecule has 1 heterocycles. The molecule has 1 aliphatic rings. The molecule has 1 aromatic carbocycles. The maximum atomic E-state index is 5.56. The summed E-state index contributed by atoms with van der Waals surface area (Å²) in [4.78, 5) is 2.57. The van der Waals surface area contributed by atoms with Crippen LogP contribution in [0.2, 0.25) is 0 Å². The Bertz CT molecular complexity index is 421. The Morgan fingerprint density at radius 3 is 3.00 bits per heavy atom. The van der Waals surface area contributed by atoms with Crippen molar-refractivity contribution in [3.05, 3.63) is 29.8 Å². The van der Waals surface area contributed by atoms with Crippen LogP contribution in [0.25, 0.3) is 0 Å². The monoisotopic (exact) mass is 290 g/mol. The molecule has 0 aliphatic carbocycles. The Kier molecular flexibility index (Phi) is 6.52. The Morgan fingerprint density at radius 1 is 1.38 bits per heavy atom. The zero-order valence-electron chi connectivity index (χ0n) is 13.8. The molecule has 1 saturated heterocycles. The van der Waals surface area contributed by atoms with Gasteiger partial charge in [-0.2, -0.15) is 0 Å². The van der Waals surface area contributed by atoms with E-state index in [-0.39, 0.29) is 0 Å². The molecule has 1 N–H and O–H groups in total. The van der Waals surface area contributed by atoms with Crippen LogP contribution in [0.3, 0.4) is 0 Å². The molecule has 118 valence electrons. The molecule has 0 bridgehead atoms. The van der Waals surface area contributed by atoms with Crippen molar-refractivity contribution in [2.45, 2.75) is 46.2 Å². The minimum Gasteiger partial charge on any atom is -0.494 e. The van der Waals surface area contributed by atoms with Crippen LogP contribution < -0.4 is 10.1 Å². The van der Waals surface area contributed by atoms with Crippen LogP contribution >= 0.6 is 0 Å². The fourth-order valence-corrected chi connectivity index (χ4v) is 3.14. The van der Waals surface area contributed by atoms with Crippen LogP contribution in [0.5, 0.6) is 5.75 Å². The number of ether oxygens (including phenoxy) is 1. The molecule has 1 aromatic rings. The molecule has 0 aromatic heterocycles. The summed E-state index contributed by atoms with van der Waals surface area (Å²) in [6, 6.07) is 8.97. The van der Waals surface area contributed by atoms with Gasteiger partial charge in [-0.15, -0.1) is 0 Å². The molecule has 1 fully saturated rings. The van der Waals surface area contributed by atoms with E-state index in [1.807, 2.05) is 13.0 Å². The normalized spacial score (nSPS) is 21.2. The Labute approximate surface area is 129 Å². The number of nitrogens with one attached hydrogen (secondary N) is 1. The fourth-order valence-electron chi connectivity index (χ4n) is 3.14. The van der Waals surface area contributed by atoms with Crippen LogP contribution in [-0.4, -0.2) is 37.2 Å². The highest BCUT2D eigenvalue weighted by molar-refractivity contribution is 5.28. The van der Waals surface area contributed by atoms with Crippen molar-refractivity contribution >= 4 is 0 Å². The molecule has 0 saturated carbocycles. The second-order valence-corrected chi connectivity index (χ2v) is 6.05. The molecule has 2 unspecified atom stereocenters. The van der Waals surface area contributed by atoms with E-state index in [1.54, 1.807) is 0 Å². The van der Waals surface area contributed by atoms with E-state index in [0.717, 1.165) is 24.8 Å². The van der Waals surface area contributed by atoms with Gasteiger partial charge in [0.15, 0.2) is 0 Å². The summed E-state index contributed by atoms with van der Waals surface area (Å²) in [7, 11) is 0. The van der Waals surface area contributed by atoms with Gasteiger partial charge in [0.25, 0.3) is 0 Å². The lowest BCUT2D eigenvalue weighted by Crippen LogP contribution is -2.44. The zero-order valence-corrected chi connectivity index (χ0v) is 13.8. The number of nitrogens with zero attached hydrogens (tertiary/aromatic N) is 1. The maximum Gasteiger partial charge on any atom is 0.119 e. The van der Waals surface area contributed by atoms with Gasteiger partial charge in [-0.05, 0) is 63.4 Å². The molecule has 2 atom stereocenters. The molecular formula is C18H30N2O. The number of piperidine rings is 1. The van der Waals surface area contributed by atoms with E-state index >= 15 is 0 Å². The van der Waals surface area contributed by atoms with Gasteiger partial charge < -0.3 is 15.0 Å². The molecule has 1 aliphatic heterocycles. The third-order valence-corrected chi connectivity index (χ3v) is 4.53. The van der Waals surface area contributed by atoms with E-state index in [1.165, 1.54) is 38.0 Å². The molecular weight excluding hydrogens is 260 g/mol. The van der Waals surface area contributed by atoms with Gasteiger partial charge in [0, 0.05) is 19.1 Å². The quantitative estimate of drug-likeness (QED) is 0.834. The topological polar surface area (TPSA) is 24.5 Å². The van der Waals surface area contributed by atoms with Gasteiger partial charge in [0.2, 0.25) is 0 Å². The lowest BCUT2D eigenvalue weighted by molar-refractivity contribution is 0.157. The molecule has 0 radical (unpaired) electrons. The Balaban J connectivity index is 1.83. The van der Waals surface area contributed by atoms with Crippen molar-refractivity contribution in [3.8, 4) is 5.75 Å². The van der Waals surface area contributed by atoms with E-state index in [4.69, 9.17) is 4.74 Å². The molecule has 0 spiro atoms. The second-order valence-electron chi connectivity index (χ2n) is 6.05. The van der Waals surface area contributed by atoms with Gasteiger partial charge in [-0.25, -0.2) is 0 Å². The van der Waals surface area contributed by atoms with Gasteiger partial charge in [0.1, 0.15) is 5.75 Å². The van der Waals surface area contributed by atoms with Crippen molar-refractivity contribution in [2.75, 3.05) is 26.2 Å². The summed E-state index contributed by atoms with van der Waals surface area (Å²) < 4.78 is 5.56. The number of likely N-dealkylation sites (tertiary alicyclic amines) is 1. The lowest BCUT2D eigenvalue weighted by Gasteiger charge is -2.35. The van der Waals surface area contributed by atoms with E-state index < -0.39 is 0 Å². The average Bonchev–Trinajstić information content (AvgIpc) is 2.53. The average molecular weight is 290 g/mol. The van der Waals surface area contributed by atoms with E-state index in [0.29, 0.717) is 6.04 Å². The first-order valence-corrected chi connectivity index (χ1v) is 8.40. The summed E-state index contributed by atoms with van der Waals surface area (Å²) in [5, 5.41) is 3.70. The van der Waals surface area contributed by atoms with Crippen molar-refractivity contribution in [2.24, 2.45) is 5.92 Å². The molecule has 3 heteroatoms. The zero-order chi connectivity index (χ0) is 15.1. The van der Waals surface area contributed by atoms with E-state index in [2.05, 4.69) is 42.3 Å². The van der Waals surface area contributed by atoms with E-state index in [9.17, 15) is 0 Å². The van der Waals surface area contributed by atoms with Crippen LogP contribution in [-0.2, 0) is 6.54 Å². The summed E-state index contributed by atoms with van der Waals surface area (Å²) in [6.45, 7) is 12.0. The number of benzene rings is 1. The lowest BCUT2D eigenvalue weighted by atomic mass is 9.91. The van der Waals surface area contributed by atoms with Crippen molar-refractivity contribution < 1.29 is 4.74 Å². The van der Waals surface area contributed by atoms with Gasteiger partial charge >= 0.3 is 0 Å². The number of rotatable bonds is 7. The smallest absolute Gasteiger partial charge is 0.119 e. The summed E-state index contributed by atoms with van der Waals surface area (Å²) >= 11 is 0. The summed E-state index contributed by atoms with van der Waals surface area (Å²) in [5.74, 6) is 1.74. The predicted octanol–water partition coefficient (Wildman–Crippen LogP) is 3.30. The molecule has 2 rings (SSSR count). The standard InChI is InChI=1S/C18H30N2O/c1-4-20-11-7-9-17(14-20)15(3)19-13-16-8-6-10-18(12-16)21-5-2/h6,8,10,12,15,17,19H,4-5,7,9,11,13-14H2,1-3H3. The Morgan fingerprint density at radius 2 is 2.24 bits per heavy atom. The summed E-state index contributed by atoms with van der Waals surface area (Å²) in [5.41, 5.74) is 1.30. The second kappa shape index (κ2) is 8.40. The molecule has 0 amide bonds. The Hall–Kier alpha value is -1.06. The van der Waals surface area contributed by atoms with Crippen molar-refractivity contribution in [3.63, 3.8) is 0 Å². The van der Waals surface area contributed by atoms with Gasteiger partial charge in [-0.1, -0.05) is 19.1 Å². The largest absolute Gasteiger partial charge is 0.494 e.